The van der Waals surface area contributed by atoms with Crippen LogP contribution in [0, 0.1) is 11.7 Å². The standard InChI is InChI=1S/C17H13F3N4S/c1-11-3-2-4-13(9-11)15-22-23-16(25)24(15)21-10-12-5-7-14(8-6-12)17(18,19)20/h2-10H,1H3,(H,23,25)/b21-10-. The normalized spacial score (nSPS) is 12.0. The van der Waals surface area contributed by atoms with Crippen molar-refractivity contribution in [1.29, 1.82) is 0 Å². The van der Waals surface area contributed by atoms with Crippen molar-refractivity contribution in [2.45, 2.75) is 13.1 Å². The summed E-state index contributed by atoms with van der Waals surface area (Å²) >= 11 is 5.17. The van der Waals surface area contributed by atoms with Crippen LogP contribution < -0.4 is 0 Å². The zero-order chi connectivity index (χ0) is 18.0. The van der Waals surface area contributed by atoms with Gasteiger partial charge >= 0.3 is 6.18 Å². The minimum atomic E-state index is -4.36. The predicted molar refractivity (Wildman–Crippen MR) is 92.0 cm³/mol. The average molecular weight is 362 g/mol. The maximum absolute atomic E-state index is 12.6. The fourth-order valence-corrected chi connectivity index (χ4v) is 2.43. The highest BCUT2D eigenvalue weighted by atomic mass is 32.1. The first-order chi connectivity index (χ1) is 11.8. The Morgan fingerprint density at radius 2 is 1.88 bits per heavy atom. The van der Waals surface area contributed by atoms with Gasteiger partial charge in [0.25, 0.3) is 0 Å². The summed E-state index contributed by atoms with van der Waals surface area (Å²) in [7, 11) is 0. The van der Waals surface area contributed by atoms with Crippen molar-refractivity contribution in [2.24, 2.45) is 5.10 Å². The monoisotopic (exact) mass is 362 g/mol. The maximum Gasteiger partial charge on any atom is 0.416 e. The van der Waals surface area contributed by atoms with Gasteiger partial charge in [-0.25, -0.2) is 5.10 Å². The third kappa shape index (κ3) is 3.85. The summed E-state index contributed by atoms with van der Waals surface area (Å²) in [6.45, 7) is 1.96. The molecule has 8 heteroatoms. The Bertz CT molecular complexity index is 969. The van der Waals surface area contributed by atoms with Gasteiger partial charge in [-0.15, -0.1) is 0 Å². The number of nitrogens with one attached hydrogen (secondary N) is 1. The van der Waals surface area contributed by atoms with Crippen molar-refractivity contribution in [3.63, 3.8) is 0 Å². The number of hydrogen-bond acceptors (Lipinski definition) is 3. The first-order valence-corrected chi connectivity index (χ1v) is 7.71. The molecule has 0 atom stereocenters. The number of hydrogen-bond donors (Lipinski definition) is 1. The highest BCUT2D eigenvalue weighted by molar-refractivity contribution is 7.71. The van der Waals surface area contributed by atoms with Crippen LogP contribution in [0.2, 0.25) is 0 Å². The van der Waals surface area contributed by atoms with Crippen molar-refractivity contribution in [3.05, 3.63) is 70.0 Å². The predicted octanol–water partition coefficient (Wildman–Crippen LogP) is 4.82. The second-order valence-corrected chi connectivity index (χ2v) is 5.78. The molecule has 0 aliphatic rings. The molecule has 0 saturated heterocycles. The molecule has 3 rings (SSSR count). The van der Waals surface area contributed by atoms with Gasteiger partial charge in [-0.3, -0.25) is 0 Å². The number of alkyl halides is 3. The molecule has 4 nitrogen and oxygen atoms in total. The highest BCUT2D eigenvalue weighted by Gasteiger charge is 2.29. The molecule has 25 heavy (non-hydrogen) atoms. The number of benzene rings is 2. The minimum Gasteiger partial charge on any atom is -0.250 e. The average Bonchev–Trinajstić information content (AvgIpc) is 2.93. The van der Waals surface area contributed by atoms with E-state index in [9.17, 15) is 13.2 Å². The summed E-state index contributed by atoms with van der Waals surface area (Å²) < 4.78 is 39.5. The molecule has 0 bridgehead atoms. The van der Waals surface area contributed by atoms with E-state index >= 15 is 0 Å². The largest absolute Gasteiger partial charge is 0.416 e. The molecule has 1 aromatic heterocycles. The van der Waals surface area contributed by atoms with Gasteiger partial charge in [-0.1, -0.05) is 35.9 Å². The third-order valence-corrected chi connectivity index (χ3v) is 3.75. The fourth-order valence-electron chi connectivity index (χ4n) is 2.25. The Balaban J connectivity index is 1.92. The Morgan fingerprint density at radius 1 is 1.16 bits per heavy atom. The lowest BCUT2D eigenvalue weighted by Gasteiger charge is -2.06. The molecule has 1 N–H and O–H groups in total. The Hall–Kier alpha value is -2.74. The van der Waals surface area contributed by atoms with E-state index in [4.69, 9.17) is 12.2 Å². The molecule has 0 aliphatic heterocycles. The third-order valence-electron chi connectivity index (χ3n) is 3.49. The van der Waals surface area contributed by atoms with Crippen molar-refractivity contribution in [3.8, 4) is 11.4 Å². The van der Waals surface area contributed by atoms with Crippen molar-refractivity contribution in [2.75, 3.05) is 0 Å². The van der Waals surface area contributed by atoms with Crippen molar-refractivity contribution in [1.82, 2.24) is 14.9 Å². The van der Waals surface area contributed by atoms with E-state index in [1.165, 1.54) is 23.0 Å². The molecule has 3 aromatic rings. The second-order valence-electron chi connectivity index (χ2n) is 5.40. The lowest BCUT2D eigenvalue weighted by molar-refractivity contribution is -0.137. The molecule has 0 saturated carbocycles. The van der Waals surface area contributed by atoms with Crippen molar-refractivity contribution >= 4 is 18.4 Å². The molecule has 0 radical (unpaired) electrons. The summed E-state index contributed by atoms with van der Waals surface area (Å²) in [6.07, 6.45) is -2.92. The van der Waals surface area contributed by atoms with Gasteiger partial charge in [-0.05, 0) is 42.9 Å². The molecule has 1 heterocycles. The van der Waals surface area contributed by atoms with Crippen LogP contribution in [0.5, 0.6) is 0 Å². The van der Waals surface area contributed by atoms with Crippen LogP contribution >= 0.6 is 12.2 Å². The summed E-state index contributed by atoms with van der Waals surface area (Å²) in [4.78, 5) is 0. The van der Waals surface area contributed by atoms with Gasteiger partial charge < -0.3 is 0 Å². The van der Waals surface area contributed by atoms with Crippen LogP contribution in [-0.2, 0) is 6.18 Å². The number of halogens is 3. The fraction of sp³-hybridized carbons (Fsp3) is 0.118. The van der Waals surface area contributed by atoms with E-state index in [2.05, 4.69) is 15.3 Å². The molecule has 0 unspecified atom stereocenters. The zero-order valence-electron chi connectivity index (χ0n) is 13.1. The Kier molecular flexibility index (Phi) is 4.54. The summed E-state index contributed by atoms with van der Waals surface area (Å²) in [5.74, 6) is 0.525. The number of aromatic nitrogens is 3. The summed E-state index contributed by atoms with van der Waals surface area (Å²) in [6, 6.07) is 12.4. The first kappa shape index (κ1) is 17.1. The van der Waals surface area contributed by atoms with Crippen LogP contribution in [-0.4, -0.2) is 21.1 Å². The minimum absolute atomic E-state index is 0.291. The lowest BCUT2D eigenvalue weighted by Crippen LogP contribution is -2.04. The molecule has 0 fully saturated rings. The van der Waals surface area contributed by atoms with Crippen LogP contribution in [0.3, 0.4) is 0 Å². The van der Waals surface area contributed by atoms with Gasteiger partial charge in [-0.2, -0.15) is 28.0 Å². The number of nitrogens with zero attached hydrogens (tertiary/aromatic N) is 3. The molecule has 0 aliphatic carbocycles. The second kappa shape index (κ2) is 6.64. The molecule has 128 valence electrons. The molecule has 2 aromatic carbocycles. The topological polar surface area (TPSA) is 46.0 Å². The van der Waals surface area contributed by atoms with Gasteiger partial charge in [0.2, 0.25) is 4.77 Å². The lowest BCUT2D eigenvalue weighted by atomic mass is 10.1. The van der Waals surface area contributed by atoms with Gasteiger partial charge in [0, 0.05) is 5.56 Å². The van der Waals surface area contributed by atoms with Crippen LogP contribution in [0.25, 0.3) is 11.4 Å². The van der Waals surface area contributed by atoms with Crippen molar-refractivity contribution < 1.29 is 13.2 Å². The van der Waals surface area contributed by atoms with Crippen LogP contribution in [0.15, 0.2) is 53.6 Å². The summed E-state index contributed by atoms with van der Waals surface area (Å²) in [5, 5.41) is 11.1. The number of aryl methyl sites for hydroxylation is 1. The Morgan fingerprint density at radius 3 is 2.52 bits per heavy atom. The van der Waals surface area contributed by atoms with E-state index in [0.29, 0.717) is 16.2 Å². The summed E-state index contributed by atoms with van der Waals surface area (Å²) in [5.41, 5.74) is 1.71. The number of aromatic amines is 1. The number of H-pyrrole nitrogens is 1. The van der Waals surface area contributed by atoms with E-state index in [-0.39, 0.29) is 0 Å². The zero-order valence-corrected chi connectivity index (χ0v) is 13.9. The van der Waals surface area contributed by atoms with E-state index in [1.807, 2.05) is 31.2 Å². The van der Waals surface area contributed by atoms with Gasteiger partial charge in [0.1, 0.15) is 0 Å². The smallest absolute Gasteiger partial charge is 0.250 e. The van der Waals surface area contributed by atoms with Crippen LogP contribution in [0.4, 0.5) is 13.2 Å². The quantitative estimate of drug-likeness (QED) is 0.536. The van der Waals surface area contributed by atoms with Gasteiger partial charge in [0.05, 0.1) is 11.8 Å². The van der Waals surface area contributed by atoms with E-state index < -0.39 is 11.7 Å². The van der Waals surface area contributed by atoms with Gasteiger partial charge in [0.15, 0.2) is 5.82 Å². The Labute approximate surface area is 146 Å². The molecular weight excluding hydrogens is 349 g/mol. The van der Waals surface area contributed by atoms with E-state index in [1.54, 1.807) is 0 Å². The van der Waals surface area contributed by atoms with E-state index in [0.717, 1.165) is 23.3 Å². The first-order valence-electron chi connectivity index (χ1n) is 7.31. The number of rotatable bonds is 3. The SMILES string of the molecule is Cc1cccc(-c2n[nH]c(=S)n2/N=C\c2ccc(C(F)(F)F)cc2)c1. The highest BCUT2D eigenvalue weighted by Crippen LogP contribution is 2.28. The molecule has 0 amide bonds. The van der Waals surface area contributed by atoms with Crippen LogP contribution in [0.1, 0.15) is 16.7 Å². The maximum atomic E-state index is 12.6. The molecule has 0 spiro atoms. The molecular formula is C17H13F3N4S.